The summed E-state index contributed by atoms with van der Waals surface area (Å²) in [6.45, 7) is 4.38. The van der Waals surface area contributed by atoms with Gasteiger partial charge in [0.15, 0.2) is 0 Å². The Hall–Kier alpha value is -0.770. The van der Waals surface area contributed by atoms with Crippen LogP contribution in [0.1, 0.15) is 24.6 Å². The van der Waals surface area contributed by atoms with E-state index in [0.29, 0.717) is 5.25 Å². The van der Waals surface area contributed by atoms with E-state index < -0.39 is 0 Å². The summed E-state index contributed by atoms with van der Waals surface area (Å²) in [5.41, 5.74) is 3.03. The fraction of sp³-hybridized carbons (Fsp3) is 0.400. The van der Waals surface area contributed by atoms with Crippen LogP contribution in [0.25, 0.3) is 10.9 Å². The molecule has 0 amide bonds. The smallest absolute Gasteiger partial charge is 0.0709 e. The van der Waals surface area contributed by atoms with Crippen LogP contribution in [0.3, 0.4) is 0 Å². The molecule has 1 N–H and O–H groups in total. The molecule has 1 aromatic heterocycles. The first kappa shape index (κ1) is 14.6. The number of aliphatic hydroxyl groups excluding tert-OH is 1. The monoisotopic (exact) mass is 295 g/mol. The van der Waals surface area contributed by atoms with E-state index in [1.54, 1.807) is 11.8 Å². The highest BCUT2D eigenvalue weighted by Gasteiger charge is 2.11. The molecule has 0 saturated heterocycles. The summed E-state index contributed by atoms with van der Waals surface area (Å²) in [7, 11) is 0. The third kappa shape index (κ3) is 3.41. The summed E-state index contributed by atoms with van der Waals surface area (Å²) < 4.78 is 0. The van der Waals surface area contributed by atoms with Crippen LogP contribution in [-0.4, -0.2) is 21.9 Å². The molecular weight excluding hydrogens is 278 g/mol. The van der Waals surface area contributed by atoms with E-state index in [1.165, 1.54) is 0 Å². The van der Waals surface area contributed by atoms with Gasteiger partial charge in [0.05, 0.1) is 16.2 Å². The lowest BCUT2D eigenvalue weighted by molar-refractivity contribution is 0.289. The van der Waals surface area contributed by atoms with E-state index in [0.717, 1.165) is 39.4 Å². The van der Waals surface area contributed by atoms with Gasteiger partial charge in [-0.25, -0.2) is 0 Å². The molecule has 4 heteroatoms. The van der Waals surface area contributed by atoms with Crippen LogP contribution >= 0.6 is 23.4 Å². The normalized spacial score (nSPS) is 12.8. The third-order valence-corrected chi connectivity index (χ3v) is 4.93. The van der Waals surface area contributed by atoms with Crippen molar-refractivity contribution in [3.63, 3.8) is 0 Å². The zero-order chi connectivity index (χ0) is 13.8. The van der Waals surface area contributed by atoms with E-state index in [1.807, 2.05) is 25.1 Å². The van der Waals surface area contributed by atoms with Crippen molar-refractivity contribution in [2.75, 3.05) is 6.61 Å². The second-order valence-corrected chi connectivity index (χ2v) is 6.45. The fourth-order valence-electron chi connectivity index (χ4n) is 2.00. The van der Waals surface area contributed by atoms with E-state index >= 15 is 0 Å². The van der Waals surface area contributed by atoms with E-state index in [-0.39, 0.29) is 6.61 Å². The molecule has 0 bridgehead atoms. The number of fused-ring (bicyclic) bond motifs is 1. The predicted molar refractivity (Wildman–Crippen MR) is 83.9 cm³/mol. The van der Waals surface area contributed by atoms with Gasteiger partial charge >= 0.3 is 0 Å². The minimum atomic E-state index is 0.228. The molecule has 0 radical (unpaired) electrons. The largest absolute Gasteiger partial charge is 0.396 e. The summed E-state index contributed by atoms with van der Waals surface area (Å²) in [4.78, 5) is 4.65. The van der Waals surface area contributed by atoms with Gasteiger partial charge in [-0.3, -0.25) is 4.98 Å². The van der Waals surface area contributed by atoms with Crippen molar-refractivity contribution in [1.82, 2.24) is 4.98 Å². The SMILES string of the molecule is Cc1c(Cl)c(CSC(C)CCO)nc2ccccc12. The van der Waals surface area contributed by atoms with Crippen LogP contribution in [0.4, 0.5) is 0 Å². The Labute approximate surface area is 123 Å². The fourth-order valence-corrected chi connectivity index (χ4v) is 3.21. The Balaban J connectivity index is 2.26. The summed E-state index contributed by atoms with van der Waals surface area (Å²) in [5.74, 6) is 0.783. The van der Waals surface area contributed by atoms with Crippen LogP contribution in [-0.2, 0) is 5.75 Å². The first-order chi connectivity index (χ1) is 9.13. The van der Waals surface area contributed by atoms with Crippen molar-refractivity contribution in [3.05, 3.63) is 40.5 Å². The summed E-state index contributed by atoms with van der Waals surface area (Å²) in [5, 5.41) is 11.2. The molecule has 0 aliphatic rings. The lowest BCUT2D eigenvalue weighted by Gasteiger charge is -2.12. The number of aliphatic hydroxyl groups is 1. The second-order valence-electron chi connectivity index (χ2n) is 4.65. The highest BCUT2D eigenvalue weighted by molar-refractivity contribution is 7.99. The van der Waals surface area contributed by atoms with Crippen molar-refractivity contribution in [2.24, 2.45) is 0 Å². The number of para-hydroxylation sites is 1. The number of aromatic nitrogens is 1. The number of hydrogen-bond donors (Lipinski definition) is 1. The Morgan fingerprint density at radius 3 is 2.84 bits per heavy atom. The zero-order valence-corrected chi connectivity index (χ0v) is 12.8. The molecule has 2 rings (SSSR count). The van der Waals surface area contributed by atoms with Crippen LogP contribution in [0.5, 0.6) is 0 Å². The number of thioether (sulfide) groups is 1. The molecule has 2 nitrogen and oxygen atoms in total. The number of rotatable bonds is 5. The average molecular weight is 296 g/mol. The first-order valence-corrected chi connectivity index (χ1v) is 7.82. The molecule has 102 valence electrons. The van der Waals surface area contributed by atoms with Crippen LogP contribution in [0, 0.1) is 6.92 Å². The standard InChI is InChI=1S/C15H18ClNOS/c1-10(7-8-18)19-9-14-15(16)11(2)12-5-3-4-6-13(12)17-14/h3-6,10,18H,7-9H2,1-2H3. The third-order valence-electron chi connectivity index (χ3n) is 3.19. The van der Waals surface area contributed by atoms with E-state index in [2.05, 4.69) is 18.0 Å². The lowest BCUT2D eigenvalue weighted by Crippen LogP contribution is -2.01. The van der Waals surface area contributed by atoms with Gasteiger partial charge in [0, 0.05) is 23.0 Å². The molecule has 1 atom stereocenters. The highest BCUT2D eigenvalue weighted by atomic mass is 35.5. The van der Waals surface area contributed by atoms with Gasteiger partial charge in [0.1, 0.15) is 0 Å². The molecule has 1 aromatic carbocycles. The molecule has 2 aromatic rings. The van der Waals surface area contributed by atoms with Gasteiger partial charge in [-0.1, -0.05) is 36.7 Å². The number of nitrogens with zero attached hydrogens (tertiary/aromatic N) is 1. The van der Waals surface area contributed by atoms with Crippen molar-refractivity contribution < 1.29 is 5.11 Å². The molecule has 1 unspecified atom stereocenters. The van der Waals surface area contributed by atoms with Crippen molar-refractivity contribution in [3.8, 4) is 0 Å². The van der Waals surface area contributed by atoms with Crippen LogP contribution < -0.4 is 0 Å². The van der Waals surface area contributed by atoms with Crippen molar-refractivity contribution >= 4 is 34.3 Å². The van der Waals surface area contributed by atoms with E-state index in [9.17, 15) is 0 Å². The van der Waals surface area contributed by atoms with Crippen LogP contribution in [0.15, 0.2) is 24.3 Å². The summed E-state index contributed by atoms with van der Waals surface area (Å²) >= 11 is 8.19. The van der Waals surface area contributed by atoms with E-state index in [4.69, 9.17) is 16.7 Å². The Kier molecular flexibility index (Phi) is 5.08. The van der Waals surface area contributed by atoms with Gasteiger partial charge in [0.25, 0.3) is 0 Å². The maximum Gasteiger partial charge on any atom is 0.0709 e. The maximum absolute atomic E-state index is 8.92. The molecule has 0 aliphatic heterocycles. The molecule has 1 heterocycles. The van der Waals surface area contributed by atoms with Crippen molar-refractivity contribution in [1.29, 1.82) is 0 Å². The molecule has 0 fully saturated rings. The maximum atomic E-state index is 8.92. The van der Waals surface area contributed by atoms with Gasteiger partial charge < -0.3 is 5.11 Å². The Morgan fingerprint density at radius 1 is 1.37 bits per heavy atom. The number of pyridine rings is 1. The summed E-state index contributed by atoms with van der Waals surface area (Å²) in [6, 6.07) is 8.07. The highest BCUT2D eigenvalue weighted by Crippen LogP contribution is 2.30. The minimum absolute atomic E-state index is 0.228. The topological polar surface area (TPSA) is 33.1 Å². The number of aryl methyl sites for hydroxylation is 1. The minimum Gasteiger partial charge on any atom is -0.396 e. The number of benzene rings is 1. The van der Waals surface area contributed by atoms with Gasteiger partial charge in [-0.05, 0) is 25.0 Å². The van der Waals surface area contributed by atoms with Gasteiger partial charge in [-0.15, -0.1) is 0 Å². The Bertz CT molecular complexity index is 573. The van der Waals surface area contributed by atoms with Crippen LogP contribution in [0.2, 0.25) is 5.02 Å². The lowest BCUT2D eigenvalue weighted by atomic mass is 10.1. The predicted octanol–water partition coefficient (Wildman–Crippen LogP) is 4.20. The number of hydrogen-bond acceptors (Lipinski definition) is 3. The molecule has 0 saturated carbocycles. The first-order valence-electron chi connectivity index (χ1n) is 6.39. The summed E-state index contributed by atoms with van der Waals surface area (Å²) in [6.07, 6.45) is 0.800. The van der Waals surface area contributed by atoms with Gasteiger partial charge in [0.2, 0.25) is 0 Å². The molecule has 0 spiro atoms. The van der Waals surface area contributed by atoms with Gasteiger partial charge in [-0.2, -0.15) is 11.8 Å². The quantitative estimate of drug-likeness (QED) is 0.897. The van der Waals surface area contributed by atoms with Crippen molar-refractivity contribution in [2.45, 2.75) is 31.3 Å². The molecule has 0 aliphatic carbocycles. The molecular formula is C15H18ClNOS. The second kappa shape index (κ2) is 6.60. The average Bonchev–Trinajstić information content (AvgIpc) is 2.42. The Morgan fingerprint density at radius 2 is 2.11 bits per heavy atom. The zero-order valence-electron chi connectivity index (χ0n) is 11.2. The molecule has 19 heavy (non-hydrogen) atoms. The number of halogens is 1.